The molecule has 0 aliphatic heterocycles. The Bertz CT molecular complexity index is 455. The third kappa shape index (κ3) is 8.41. The molecular formula is C17H30IN3O2. The quantitative estimate of drug-likeness (QED) is 0.280. The number of ether oxygens (including phenoxy) is 2. The lowest BCUT2D eigenvalue weighted by Crippen LogP contribution is -2.40. The highest BCUT2D eigenvalue weighted by Crippen LogP contribution is 2.18. The van der Waals surface area contributed by atoms with Gasteiger partial charge in [0.15, 0.2) is 5.96 Å². The Labute approximate surface area is 157 Å². The fourth-order valence-electron chi connectivity index (χ4n) is 2.13. The van der Waals surface area contributed by atoms with Crippen LogP contribution in [0.5, 0.6) is 5.75 Å². The maximum atomic E-state index is 5.55. The van der Waals surface area contributed by atoms with Crippen molar-refractivity contribution >= 4 is 29.9 Å². The summed E-state index contributed by atoms with van der Waals surface area (Å²) in [7, 11) is 5.50. The number of hydrogen-bond acceptors (Lipinski definition) is 3. The van der Waals surface area contributed by atoms with E-state index in [1.165, 1.54) is 0 Å². The van der Waals surface area contributed by atoms with Crippen molar-refractivity contribution in [3.05, 3.63) is 29.8 Å². The Balaban J connectivity index is 0.00000484. The number of aliphatic imine (C=N–C) groups is 1. The van der Waals surface area contributed by atoms with Gasteiger partial charge in [0.25, 0.3) is 0 Å². The summed E-state index contributed by atoms with van der Waals surface area (Å²) < 4.78 is 10.9. The van der Waals surface area contributed by atoms with E-state index in [2.05, 4.69) is 28.2 Å². The van der Waals surface area contributed by atoms with Crippen molar-refractivity contribution in [1.82, 2.24) is 10.2 Å². The molecule has 0 aliphatic carbocycles. The summed E-state index contributed by atoms with van der Waals surface area (Å²) in [5.41, 5.74) is 1.13. The van der Waals surface area contributed by atoms with Gasteiger partial charge in [-0.15, -0.1) is 24.0 Å². The monoisotopic (exact) mass is 435 g/mol. The van der Waals surface area contributed by atoms with E-state index >= 15 is 0 Å². The average Bonchev–Trinajstić information content (AvgIpc) is 2.54. The molecule has 0 atom stereocenters. The van der Waals surface area contributed by atoms with Crippen LogP contribution in [0.4, 0.5) is 0 Å². The lowest BCUT2D eigenvalue weighted by Gasteiger charge is -2.23. The number of methoxy groups -OCH3 is 1. The zero-order valence-corrected chi connectivity index (χ0v) is 17.0. The highest BCUT2D eigenvalue weighted by molar-refractivity contribution is 14.0. The molecule has 0 spiro atoms. The first-order chi connectivity index (χ1) is 10.7. The van der Waals surface area contributed by atoms with Crippen LogP contribution in [-0.4, -0.2) is 51.8 Å². The Morgan fingerprint density at radius 3 is 2.65 bits per heavy atom. The molecule has 1 rings (SSSR count). The topological polar surface area (TPSA) is 46.1 Å². The van der Waals surface area contributed by atoms with Gasteiger partial charge in [-0.3, -0.25) is 4.99 Å². The predicted octanol–water partition coefficient (Wildman–Crippen LogP) is 3.14. The van der Waals surface area contributed by atoms with Crippen LogP contribution in [0.2, 0.25) is 0 Å². The van der Waals surface area contributed by atoms with Crippen LogP contribution < -0.4 is 10.1 Å². The molecule has 0 amide bonds. The van der Waals surface area contributed by atoms with Crippen molar-refractivity contribution in [2.24, 2.45) is 4.99 Å². The lowest BCUT2D eigenvalue weighted by molar-refractivity contribution is 0.135. The van der Waals surface area contributed by atoms with E-state index in [9.17, 15) is 0 Å². The van der Waals surface area contributed by atoms with Crippen LogP contribution in [0, 0.1) is 0 Å². The van der Waals surface area contributed by atoms with Crippen LogP contribution in [0.15, 0.2) is 29.3 Å². The van der Waals surface area contributed by atoms with Gasteiger partial charge < -0.3 is 19.7 Å². The second kappa shape index (κ2) is 13.4. The van der Waals surface area contributed by atoms with E-state index in [4.69, 9.17) is 9.47 Å². The summed E-state index contributed by atoms with van der Waals surface area (Å²) in [6.45, 7) is 5.18. The number of hydrogen-bond donors (Lipinski definition) is 1. The normalized spacial score (nSPS) is 10.9. The first-order valence-corrected chi connectivity index (χ1v) is 7.84. The molecule has 0 radical (unpaired) electrons. The molecule has 1 N–H and O–H groups in total. The molecule has 23 heavy (non-hydrogen) atoms. The zero-order valence-electron chi connectivity index (χ0n) is 14.7. The van der Waals surface area contributed by atoms with Gasteiger partial charge in [0, 0.05) is 39.4 Å². The zero-order chi connectivity index (χ0) is 16.2. The van der Waals surface area contributed by atoms with Gasteiger partial charge in [0.05, 0.1) is 13.7 Å². The predicted molar refractivity (Wildman–Crippen MR) is 107 cm³/mol. The van der Waals surface area contributed by atoms with Crippen molar-refractivity contribution in [2.45, 2.75) is 26.3 Å². The van der Waals surface area contributed by atoms with E-state index in [0.29, 0.717) is 6.61 Å². The Morgan fingerprint density at radius 2 is 2.00 bits per heavy atom. The van der Waals surface area contributed by atoms with Crippen molar-refractivity contribution in [3.63, 3.8) is 0 Å². The van der Waals surface area contributed by atoms with Crippen molar-refractivity contribution < 1.29 is 9.47 Å². The molecule has 132 valence electrons. The minimum atomic E-state index is 0. The highest BCUT2D eigenvalue weighted by Gasteiger charge is 2.09. The molecule has 0 bridgehead atoms. The number of halogens is 1. The number of guanidine groups is 1. The van der Waals surface area contributed by atoms with Gasteiger partial charge in [-0.25, -0.2) is 0 Å². The minimum absolute atomic E-state index is 0. The molecule has 5 nitrogen and oxygen atoms in total. The Kier molecular flexibility index (Phi) is 12.8. The maximum Gasteiger partial charge on any atom is 0.193 e. The second-order valence-corrected chi connectivity index (χ2v) is 5.11. The summed E-state index contributed by atoms with van der Waals surface area (Å²) in [5.74, 6) is 1.75. The Morgan fingerprint density at radius 1 is 1.26 bits per heavy atom. The van der Waals surface area contributed by atoms with Crippen LogP contribution >= 0.6 is 24.0 Å². The molecule has 0 fully saturated rings. The number of para-hydroxylation sites is 1. The molecule has 6 heteroatoms. The van der Waals surface area contributed by atoms with Crippen LogP contribution in [0.3, 0.4) is 0 Å². The van der Waals surface area contributed by atoms with E-state index < -0.39 is 0 Å². The van der Waals surface area contributed by atoms with E-state index in [-0.39, 0.29) is 24.0 Å². The van der Waals surface area contributed by atoms with Gasteiger partial charge in [-0.1, -0.05) is 31.5 Å². The maximum absolute atomic E-state index is 5.55. The van der Waals surface area contributed by atoms with E-state index in [0.717, 1.165) is 49.8 Å². The van der Waals surface area contributed by atoms with Crippen molar-refractivity contribution in [3.8, 4) is 5.75 Å². The van der Waals surface area contributed by atoms with Crippen LogP contribution in [-0.2, 0) is 11.3 Å². The molecule has 0 heterocycles. The summed E-state index contributed by atoms with van der Waals surface area (Å²) in [6.07, 6.45) is 2.28. The molecule has 0 saturated heterocycles. The van der Waals surface area contributed by atoms with Gasteiger partial charge in [-0.05, 0) is 12.5 Å². The summed E-state index contributed by atoms with van der Waals surface area (Å²) in [4.78, 5) is 6.38. The summed E-state index contributed by atoms with van der Waals surface area (Å²) >= 11 is 0. The highest BCUT2D eigenvalue weighted by atomic mass is 127. The van der Waals surface area contributed by atoms with Crippen LogP contribution in [0.1, 0.15) is 25.3 Å². The number of unbranched alkanes of at least 4 members (excludes halogenated alkanes) is 1. The molecule has 0 unspecified atom stereocenters. The number of nitrogens with zero attached hydrogens (tertiary/aromatic N) is 2. The van der Waals surface area contributed by atoms with Crippen molar-refractivity contribution in [2.75, 3.05) is 41.0 Å². The number of benzene rings is 1. The van der Waals surface area contributed by atoms with Gasteiger partial charge in [-0.2, -0.15) is 0 Å². The van der Waals surface area contributed by atoms with Gasteiger partial charge in [0.1, 0.15) is 5.75 Å². The van der Waals surface area contributed by atoms with E-state index in [1.54, 1.807) is 14.2 Å². The largest absolute Gasteiger partial charge is 0.496 e. The van der Waals surface area contributed by atoms with E-state index in [1.807, 2.05) is 25.2 Å². The molecular weight excluding hydrogens is 405 g/mol. The van der Waals surface area contributed by atoms with Gasteiger partial charge in [0.2, 0.25) is 0 Å². The number of rotatable bonds is 9. The third-order valence-electron chi connectivity index (χ3n) is 3.35. The second-order valence-electron chi connectivity index (χ2n) is 5.11. The fourth-order valence-corrected chi connectivity index (χ4v) is 2.13. The first-order valence-electron chi connectivity index (χ1n) is 7.84. The summed E-state index contributed by atoms with van der Waals surface area (Å²) in [5, 5.41) is 3.31. The Hall–Kier alpha value is -1.02. The molecule has 1 aromatic rings. The minimum Gasteiger partial charge on any atom is -0.496 e. The third-order valence-corrected chi connectivity index (χ3v) is 3.35. The smallest absolute Gasteiger partial charge is 0.193 e. The molecule has 0 aromatic heterocycles. The number of nitrogens with one attached hydrogen (secondary N) is 1. The summed E-state index contributed by atoms with van der Waals surface area (Å²) in [6, 6.07) is 8.03. The molecule has 0 aliphatic rings. The van der Waals surface area contributed by atoms with Crippen molar-refractivity contribution in [1.29, 1.82) is 0 Å². The average molecular weight is 435 g/mol. The SMILES string of the molecule is CCCCOCCNC(=NC)N(C)Cc1ccccc1OC.I. The van der Waals surface area contributed by atoms with Crippen LogP contribution in [0.25, 0.3) is 0 Å². The standard InChI is InChI=1S/C17H29N3O2.HI/c1-5-6-12-22-13-11-19-17(18-2)20(3)14-15-9-7-8-10-16(15)21-4;/h7-10H,5-6,11-14H2,1-4H3,(H,18,19);1H. The lowest BCUT2D eigenvalue weighted by atomic mass is 10.2. The molecule has 1 aromatic carbocycles. The molecule has 0 saturated carbocycles. The van der Waals surface area contributed by atoms with Gasteiger partial charge >= 0.3 is 0 Å². The first kappa shape index (κ1) is 22.0. The fraction of sp³-hybridized carbons (Fsp3) is 0.588.